The van der Waals surface area contributed by atoms with Gasteiger partial charge < -0.3 is 9.84 Å². The average Bonchev–Trinajstić information content (AvgIpc) is 2.58. The van der Waals surface area contributed by atoms with Gasteiger partial charge in [0.1, 0.15) is 11.5 Å². The molecule has 0 radical (unpaired) electrons. The number of nitrogens with one attached hydrogen (secondary N) is 1. The second-order valence-corrected chi connectivity index (χ2v) is 6.05. The molecule has 24 heavy (non-hydrogen) atoms. The van der Waals surface area contributed by atoms with Gasteiger partial charge in [-0.25, -0.2) is 5.43 Å². The summed E-state index contributed by atoms with van der Waals surface area (Å²) < 4.78 is 6.28. The number of phenolic OH excluding ortho intramolecular Hbond substituents is 1. The lowest BCUT2D eigenvalue weighted by atomic mass is 10.2. The zero-order valence-electron chi connectivity index (χ0n) is 13.3. The molecule has 0 aliphatic heterocycles. The monoisotopic (exact) mass is 390 g/mol. The molecule has 2 N–H and O–H groups in total. The summed E-state index contributed by atoms with van der Waals surface area (Å²) in [5, 5.41) is 13.6. The molecule has 0 aliphatic rings. The van der Waals surface area contributed by atoms with Crippen LogP contribution in [0.3, 0.4) is 0 Å². The van der Waals surface area contributed by atoms with Crippen molar-refractivity contribution in [1.82, 2.24) is 5.43 Å². The van der Waals surface area contributed by atoms with Crippen LogP contribution < -0.4 is 10.2 Å². The normalized spacial score (nSPS) is 10.8. The van der Waals surface area contributed by atoms with Crippen molar-refractivity contribution in [2.24, 2.45) is 5.10 Å². The van der Waals surface area contributed by atoms with Gasteiger partial charge in [0.15, 0.2) is 0 Å². The molecule has 0 aromatic heterocycles. The van der Waals surface area contributed by atoms with Crippen molar-refractivity contribution in [1.29, 1.82) is 0 Å². The van der Waals surface area contributed by atoms with Gasteiger partial charge in [0, 0.05) is 4.47 Å². The number of hydrogen-bond donors (Lipinski definition) is 2. The van der Waals surface area contributed by atoms with E-state index in [4.69, 9.17) is 4.74 Å². The Kier molecular flexibility index (Phi) is 6.81. The van der Waals surface area contributed by atoms with Gasteiger partial charge >= 0.3 is 0 Å². The number of halogens is 1. The molecule has 2 aromatic rings. The lowest BCUT2D eigenvalue weighted by Crippen LogP contribution is -2.17. The molecule has 0 fully saturated rings. The van der Waals surface area contributed by atoms with Gasteiger partial charge in [0.2, 0.25) is 0 Å². The molecule has 126 valence electrons. The smallest absolute Gasteiger partial charge is 0.275 e. The number of aromatic hydroxyl groups is 1. The first-order valence-corrected chi connectivity index (χ1v) is 8.44. The van der Waals surface area contributed by atoms with Crippen molar-refractivity contribution >= 4 is 28.1 Å². The molecule has 0 heterocycles. The molecule has 2 aromatic carbocycles. The van der Waals surface area contributed by atoms with Crippen molar-refractivity contribution in [2.45, 2.75) is 19.8 Å². The first-order chi connectivity index (χ1) is 11.6. The fraction of sp³-hybridized carbons (Fsp3) is 0.222. The van der Waals surface area contributed by atoms with Crippen LogP contribution in [-0.2, 0) is 0 Å². The number of amides is 1. The molecular formula is C18H19BrN2O3. The highest BCUT2D eigenvalue weighted by atomic mass is 79.9. The van der Waals surface area contributed by atoms with E-state index < -0.39 is 5.91 Å². The lowest BCUT2D eigenvalue weighted by Gasteiger charge is -2.05. The molecule has 0 aliphatic carbocycles. The van der Waals surface area contributed by atoms with Crippen LogP contribution in [0.1, 0.15) is 35.7 Å². The van der Waals surface area contributed by atoms with E-state index in [9.17, 15) is 9.90 Å². The standard InChI is InChI=1S/C18H19BrN2O3/c1-2-3-10-24-15-7-4-13(5-8-15)12-20-21-18(23)16-11-14(19)6-9-17(16)22/h4-9,11-12,22H,2-3,10H2,1H3,(H,21,23)/b20-12-. The van der Waals surface area contributed by atoms with Crippen LogP contribution in [0.5, 0.6) is 11.5 Å². The first-order valence-electron chi connectivity index (χ1n) is 7.65. The number of unbranched alkanes of at least 4 members (excludes halogenated alkanes) is 1. The Morgan fingerprint density at radius 1 is 1.29 bits per heavy atom. The van der Waals surface area contributed by atoms with E-state index in [-0.39, 0.29) is 11.3 Å². The molecule has 5 nitrogen and oxygen atoms in total. The van der Waals surface area contributed by atoms with E-state index in [2.05, 4.69) is 33.4 Å². The summed E-state index contributed by atoms with van der Waals surface area (Å²) in [6.07, 6.45) is 3.65. The van der Waals surface area contributed by atoms with Crippen LogP contribution in [0.2, 0.25) is 0 Å². The predicted octanol–water partition coefficient (Wildman–Crippen LogP) is 4.10. The number of hydrazone groups is 1. The Labute approximate surface area is 149 Å². The summed E-state index contributed by atoms with van der Waals surface area (Å²) in [6, 6.07) is 12.1. The fourth-order valence-electron chi connectivity index (χ4n) is 1.90. The van der Waals surface area contributed by atoms with Crippen LogP contribution in [0.15, 0.2) is 52.0 Å². The Bertz CT molecular complexity index is 715. The van der Waals surface area contributed by atoms with Crippen LogP contribution >= 0.6 is 15.9 Å². The molecule has 6 heteroatoms. The molecule has 0 bridgehead atoms. The van der Waals surface area contributed by atoms with Gasteiger partial charge in [-0.05, 0) is 54.4 Å². The molecular weight excluding hydrogens is 372 g/mol. The van der Waals surface area contributed by atoms with Gasteiger partial charge in [-0.2, -0.15) is 5.10 Å². The van der Waals surface area contributed by atoms with Gasteiger partial charge in [-0.1, -0.05) is 29.3 Å². The van der Waals surface area contributed by atoms with E-state index in [1.807, 2.05) is 24.3 Å². The highest BCUT2D eigenvalue weighted by Gasteiger charge is 2.10. The fourth-order valence-corrected chi connectivity index (χ4v) is 2.26. The summed E-state index contributed by atoms with van der Waals surface area (Å²) in [5.74, 6) is 0.229. The van der Waals surface area contributed by atoms with Crippen molar-refractivity contribution in [3.8, 4) is 11.5 Å². The second-order valence-electron chi connectivity index (χ2n) is 5.13. The van der Waals surface area contributed by atoms with Gasteiger partial charge in [-0.3, -0.25) is 4.79 Å². The van der Waals surface area contributed by atoms with Gasteiger partial charge in [-0.15, -0.1) is 0 Å². The van der Waals surface area contributed by atoms with Crippen LogP contribution in [-0.4, -0.2) is 23.8 Å². The van der Waals surface area contributed by atoms with Crippen molar-refractivity contribution in [3.05, 3.63) is 58.1 Å². The Balaban J connectivity index is 1.91. The summed E-state index contributed by atoms with van der Waals surface area (Å²) in [6.45, 7) is 2.82. The number of rotatable bonds is 7. The maximum Gasteiger partial charge on any atom is 0.275 e. The van der Waals surface area contributed by atoms with Crippen LogP contribution in [0, 0.1) is 0 Å². The third kappa shape index (κ3) is 5.38. The minimum Gasteiger partial charge on any atom is -0.507 e. The third-order valence-electron chi connectivity index (χ3n) is 3.23. The van der Waals surface area contributed by atoms with Crippen LogP contribution in [0.4, 0.5) is 0 Å². The molecule has 0 spiro atoms. The summed E-state index contributed by atoms with van der Waals surface area (Å²) in [7, 11) is 0. The van der Waals surface area contributed by atoms with E-state index >= 15 is 0 Å². The van der Waals surface area contributed by atoms with E-state index in [0.717, 1.165) is 24.2 Å². The maximum atomic E-state index is 12.0. The Morgan fingerprint density at radius 2 is 2.04 bits per heavy atom. The molecule has 0 unspecified atom stereocenters. The summed E-state index contributed by atoms with van der Waals surface area (Å²) in [5.41, 5.74) is 3.37. The number of benzene rings is 2. The quantitative estimate of drug-likeness (QED) is 0.424. The maximum absolute atomic E-state index is 12.0. The number of phenols is 1. The highest BCUT2D eigenvalue weighted by molar-refractivity contribution is 9.10. The van der Waals surface area contributed by atoms with Crippen molar-refractivity contribution < 1.29 is 14.6 Å². The third-order valence-corrected chi connectivity index (χ3v) is 3.72. The van der Waals surface area contributed by atoms with E-state index in [1.54, 1.807) is 6.07 Å². The molecule has 2 rings (SSSR count). The lowest BCUT2D eigenvalue weighted by molar-refractivity contribution is 0.0952. The van der Waals surface area contributed by atoms with E-state index in [0.29, 0.717) is 11.1 Å². The Hall–Kier alpha value is -2.34. The number of nitrogens with zero attached hydrogens (tertiary/aromatic N) is 1. The zero-order chi connectivity index (χ0) is 17.4. The first kappa shape index (κ1) is 18.0. The van der Waals surface area contributed by atoms with E-state index in [1.165, 1.54) is 18.3 Å². The molecule has 0 atom stereocenters. The molecule has 0 saturated heterocycles. The molecule has 0 saturated carbocycles. The largest absolute Gasteiger partial charge is 0.507 e. The van der Waals surface area contributed by atoms with Crippen LogP contribution in [0.25, 0.3) is 0 Å². The predicted molar refractivity (Wildman–Crippen MR) is 97.7 cm³/mol. The minimum atomic E-state index is -0.482. The van der Waals surface area contributed by atoms with Gasteiger partial charge in [0.05, 0.1) is 18.4 Å². The number of ether oxygens (including phenoxy) is 1. The summed E-state index contributed by atoms with van der Waals surface area (Å²) >= 11 is 3.26. The van der Waals surface area contributed by atoms with Crippen molar-refractivity contribution in [2.75, 3.05) is 6.61 Å². The summed E-state index contributed by atoms with van der Waals surface area (Å²) in [4.78, 5) is 12.0. The Morgan fingerprint density at radius 3 is 2.75 bits per heavy atom. The molecule has 1 amide bonds. The zero-order valence-corrected chi connectivity index (χ0v) is 14.9. The van der Waals surface area contributed by atoms with Gasteiger partial charge in [0.25, 0.3) is 5.91 Å². The SMILES string of the molecule is CCCCOc1ccc(/C=N\NC(=O)c2cc(Br)ccc2O)cc1. The average molecular weight is 391 g/mol. The number of hydrogen-bond acceptors (Lipinski definition) is 4. The highest BCUT2D eigenvalue weighted by Crippen LogP contribution is 2.21. The number of carbonyl (C=O) groups is 1. The topological polar surface area (TPSA) is 70.9 Å². The number of carbonyl (C=O) groups excluding carboxylic acids is 1. The second kappa shape index (κ2) is 9.08. The minimum absolute atomic E-state index is 0.0977. The van der Waals surface area contributed by atoms with Crippen molar-refractivity contribution in [3.63, 3.8) is 0 Å².